The van der Waals surface area contributed by atoms with Gasteiger partial charge in [-0.3, -0.25) is 14.6 Å². The maximum atomic E-state index is 12.1. The van der Waals surface area contributed by atoms with Crippen molar-refractivity contribution < 1.29 is 9.21 Å². The zero-order valence-corrected chi connectivity index (χ0v) is 13.9. The molecule has 1 saturated heterocycles. The van der Waals surface area contributed by atoms with Crippen LogP contribution in [0.5, 0.6) is 0 Å². The molecule has 0 unspecified atom stereocenters. The fraction of sp³-hybridized carbons (Fsp3) is 0.471. The van der Waals surface area contributed by atoms with Crippen molar-refractivity contribution in [3.63, 3.8) is 0 Å². The van der Waals surface area contributed by atoms with Crippen LogP contribution in [0.3, 0.4) is 0 Å². The lowest BCUT2D eigenvalue weighted by Crippen LogP contribution is -2.48. The molecule has 7 nitrogen and oxygen atoms in total. The van der Waals surface area contributed by atoms with Crippen molar-refractivity contribution in [2.75, 3.05) is 38.0 Å². The summed E-state index contributed by atoms with van der Waals surface area (Å²) in [5.74, 6) is 1.38. The van der Waals surface area contributed by atoms with E-state index < -0.39 is 0 Å². The third-order valence-corrected chi connectivity index (χ3v) is 4.06. The van der Waals surface area contributed by atoms with Crippen LogP contribution < -0.4 is 5.32 Å². The molecule has 128 valence electrons. The first kappa shape index (κ1) is 16.6. The number of nitrogens with zero attached hydrogens (tertiary/aromatic N) is 4. The molecule has 3 rings (SSSR count). The normalized spacial score (nSPS) is 16.2. The molecule has 0 aliphatic carbocycles. The molecule has 1 amide bonds. The molecule has 1 aliphatic rings. The molecule has 2 heterocycles. The van der Waals surface area contributed by atoms with E-state index in [1.807, 2.05) is 37.3 Å². The van der Waals surface area contributed by atoms with Crippen LogP contribution in [0.15, 0.2) is 34.7 Å². The summed E-state index contributed by atoms with van der Waals surface area (Å²) in [5.41, 5.74) is 0.837. The van der Waals surface area contributed by atoms with E-state index >= 15 is 0 Å². The van der Waals surface area contributed by atoms with Crippen LogP contribution in [0.4, 0.5) is 5.69 Å². The van der Waals surface area contributed by atoms with E-state index in [-0.39, 0.29) is 5.91 Å². The first-order valence-electron chi connectivity index (χ1n) is 8.34. The standard InChI is InChI=1S/C17H23N5O2/c1-2-16-19-20-17(24-16)13-22-10-8-21(9-11-22)12-15(23)18-14-6-4-3-5-7-14/h3-7H,2,8-13H2,1H3,(H,18,23). The highest BCUT2D eigenvalue weighted by Gasteiger charge is 2.20. The highest BCUT2D eigenvalue weighted by Crippen LogP contribution is 2.09. The summed E-state index contributed by atoms with van der Waals surface area (Å²) in [6.07, 6.45) is 0.761. The fourth-order valence-electron chi connectivity index (χ4n) is 2.72. The largest absolute Gasteiger partial charge is 0.424 e. The predicted octanol–water partition coefficient (Wildman–Crippen LogP) is 1.39. The minimum absolute atomic E-state index is 0.0270. The number of aryl methyl sites for hydroxylation is 1. The number of hydrogen-bond acceptors (Lipinski definition) is 6. The molecule has 2 aromatic rings. The second-order valence-electron chi connectivity index (χ2n) is 5.91. The Morgan fingerprint density at radius 3 is 2.42 bits per heavy atom. The van der Waals surface area contributed by atoms with Crippen LogP contribution in [0.2, 0.25) is 0 Å². The predicted molar refractivity (Wildman–Crippen MR) is 90.5 cm³/mol. The van der Waals surface area contributed by atoms with E-state index in [1.54, 1.807) is 0 Å². The molecule has 1 aliphatic heterocycles. The van der Waals surface area contributed by atoms with Crippen LogP contribution in [0.25, 0.3) is 0 Å². The summed E-state index contributed by atoms with van der Waals surface area (Å²) in [7, 11) is 0. The van der Waals surface area contributed by atoms with Gasteiger partial charge < -0.3 is 9.73 Å². The monoisotopic (exact) mass is 329 g/mol. The van der Waals surface area contributed by atoms with Crippen molar-refractivity contribution in [3.05, 3.63) is 42.1 Å². The Hall–Kier alpha value is -2.25. The lowest BCUT2D eigenvalue weighted by atomic mass is 10.3. The highest BCUT2D eigenvalue weighted by atomic mass is 16.4. The molecule has 1 N–H and O–H groups in total. The number of carbonyl (C=O) groups excluding carboxylic acids is 1. The summed E-state index contributed by atoms with van der Waals surface area (Å²) in [5, 5.41) is 11.0. The number of aromatic nitrogens is 2. The third kappa shape index (κ3) is 4.62. The lowest BCUT2D eigenvalue weighted by Gasteiger charge is -2.33. The smallest absolute Gasteiger partial charge is 0.238 e. The Bertz CT molecular complexity index is 650. The number of nitrogens with one attached hydrogen (secondary N) is 1. The third-order valence-electron chi connectivity index (χ3n) is 4.06. The summed E-state index contributed by atoms with van der Waals surface area (Å²) in [4.78, 5) is 16.5. The molecular formula is C17H23N5O2. The topological polar surface area (TPSA) is 74.5 Å². The van der Waals surface area contributed by atoms with Crippen LogP contribution in [-0.4, -0.2) is 58.6 Å². The van der Waals surface area contributed by atoms with Crippen molar-refractivity contribution in [2.45, 2.75) is 19.9 Å². The fourth-order valence-corrected chi connectivity index (χ4v) is 2.72. The van der Waals surface area contributed by atoms with Gasteiger partial charge in [0.1, 0.15) is 0 Å². The van der Waals surface area contributed by atoms with Crippen LogP contribution in [-0.2, 0) is 17.8 Å². The minimum atomic E-state index is 0.0270. The van der Waals surface area contributed by atoms with E-state index in [9.17, 15) is 4.79 Å². The number of para-hydroxylation sites is 1. The molecule has 7 heteroatoms. The number of amides is 1. The van der Waals surface area contributed by atoms with Crippen LogP contribution >= 0.6 is 0 Å². The highest BCUT2D eigenvalue weighted by molar-refractivity contribution is 5.92. The maximum absolute atomic E-state index is 12.1. The Morgan fingerprint density at radius 2 is 1.75 bits per heavy atom. The number of carbonyl (C=O) groups is 1. The van der Waals surface area contributed by atoms with Gasteiger partial charge in [-0.2, -0.15) is 0 Å². The molecule has 24 heavy (non-hydrogen) atoms. The van der Waals surface area contributed by atoms with Gasteiger partial charge in [0.2, 0.25) is 17.7 Å². The summed E-state index contributed by atoms with van der Waals surface area (Å²) in [6.45, 7) is 6.59. The van der Waals surface area contributed by atoms with E-state index in [4.69, 9.17) is 4.42 Å². The Kier molecular flexibility index (Phi) is 5.55. The Labute approximate surface area is 141 Å². The van der Waals surface area contributed by atoms with Gasteiger partial charge in [0.25, 0.3) is 0 Å². The summed E-state index contributed by atoms with van der Waals surface area (Å²) >= 11 is 0. The molecule has 0 bridgehead atoms. The Balaban J connectivity index is 1.41. The lowest BCUT2D eigenvalue weighted by molar-refractivity contribution is -0.117. The molecular weight excluding hydrogens is 306 g/mol. The van der Waals surface area contributed by atoms with E-state index in [0.29, 0.717) is 24.9 Å². The zero-order valence-electron chi connectivity index (χ0n) is 13.9. The van der Waals surface area contributed by atoms with Gasteiger partial charge in [-0.05, 0) is 12.1 Å². The van der Waals surface area contributed by atoms with Crippen molar-refractivity contribution in [1.82, 2.24) is 20.0 Å². The first-order chi connectivity index (χ1) is 11.7. The van der Waals surface area contributed by atoms with Crippen molar-refractivity contribution in [3.8, 4) is 0 Å². The average Bonchev–Trinajstić information content (AvgIpc) is 3.05. The second kappa shape index (κ2) is 8.03. The minimum Gasteiger partial charge on any atom is -0.424 e. The number of hydrogen-bond donors (Lipinski definition) is 1. The van der Waals surface area contributed by atoms with Gasteiger partial charge in [-0.15, -0.1) is 10.2 Å². The van der Waals surface area contributed by atoms with E-state index in [0.717, 1.165) is 38.3 Å². The molecule has 1 aromatic carbocycles. The van der Waals surface area contributed by atoms with Gasteiger partial charge in [0, 0.05) is 38.3 Å². The molecule has 0 atom stereocenters. The SMILES string of the molecule is CCc1nnc(CN2CCN(CC(=O)Nc3ccccc3)CC2)o1. The molecule has 0 spiro atoms. The van der Waals surface area contributed by atoms with Crippen LogP contribution in [0.1, 0.15) is 18.7 Å². The zero-order chi connectivity index (χ0) is 16.8. The van der Waals surface area contributed by atoms with Crippen molar-refractivity contribution in [1.29, 1.82) is 0 Å². The van der Waals surface area contributed by atoms with E-state index in [1.165, 1.54) is 0 Å². The van der Waals surface area contributed by atoms with Crippen molar-refractivity contribution >= 4 is 11.6 Å². The van der Waals surface area contributed by atoms with Gasteiger partial charge in [-0.25, -0.2) is 0 Å². The second-order valence-corrected chi connectivity index (χ2v) is 5.91. The summed E-state index contributed by atoms with van der Waals surface area (Å²) in [6, 6.07) is 9.54. The maximum Gasteiger partial charge on any atom is 0.238 e. The Morgan fingerprint density at radius 1 is 1.08 bits per heavy atom. The number of anilines is 1. The van der Waals surface area contributed by atoms with Crippen molar-refractivity contribution in [2.24, 2.45) is 0 Å². The molecule has 1 fully saturated rings. The van der Waals surface area contributed by atoms with Gasteiger partial charge in [-0.1, -0.05) is 25.1 Å². The van der Waals surface area contributed by atoms with Crippen LogP contribution in [0, 0.1) is 0 Å². The molecule has 1 aromatic heterocycles. The van der Waals surface area contributed by atoms with Gasteiger partial charge in [0.05, 0.1) is 13.1 Å². The molecule has 0 radical (unpaired) electrons. The number of piperazine rings is 1. The van der Waals surface area contributed by atoms with E-state index in [2.05, 4.69) is 25.3 Å². The number of benzene rings is 1. The number of rotatable bonds is 6. The average molecular weight is 329 g/mol. The summed E-state index contributed by atoms with van der Waals surface area (Å²) < 4.78 is 5.55. The van der Waals surface area contributed by atoms with Gasteiger partial charge >= 0.3 is 0 Å². The molecule has 0 saturated carbocycles. The van der Waals surface area contributed by atoms with Gasteiger partial charge in [0.15, 0.2) is 0 Å². The quantitative estimate of drug-likeness (QED) is 0.863. The first-order valence-corrected chi connectivity index (χ1v) is 8.34.